The van der Waals surface area contributed by atoms with Crippen LogP contribution in [0.2, 0.25) is 5.02 Å². The van der Waals surface area contributed by atoms with Crippen molar-refractivity contribution in [2.24, 2.45) is 0 Å². The Hall–Kier alpha value is -2.27. The fraction of sp³-hybridized carbons (Fsp3) is 0.294. The lowest BCUT2D eigenvalue weighted by Gasteiger charge is -2.36. The minimum Gasteiger partial charge on any atom is -0.368 e. The van der Waals surface area contributed by atoms with Crippen LogP contribution in [0.15, 0.2) is 49.3 Å². The van der Waals surface area contributed by atoms with Crippen molar-refractivity contribution in [3.63, 3.8) is 0 Å². The summed E-state index contributed by atoms with van der Waals surface area (Å²) in [5, 5.41) is 3.97. The Balaban J connectivity index is 1.63. The lowest BCUT2D eigenvalue weighted by molar-refractivity contribution is 0.647. The van der Waals surface area contributed by atoms with E-state index in [-0.39, 0.29) is 0 Å². The Morgan fingerprint density at radius 2 is 1.91 bits per heavy atom. The highest BCUT2D eigenvalue weighted by molar-refractivity contribution is 6.30. The number of nitrogens with zero attached hydrogens (tertiary/aromatic N) is 4. The van der Waals surface area contributed by atoms with Gasteiger partial charge in [0.15, 0.2) is 0 Å². The van der Waals surface area contributed by atoms with Crippen LogP contribution in [0.1, 0.15) is 0 Å². The first-order valence-electron chi connectivity index (χ1n) is 7.68. The monoisotopic (exact) mass is 329 g/mol. The highest BCUT2D eigenvalue weighted by Gasteiger charge is 2.18. The van der Waals surface area contributed by atoms with Gasteiger partial charge in [-0.2, -0.15) is 0 Å². The van der Waals surface area contributed by atoms with Gasteiger partial charge in [-0.1, -0.05) is 23.7 Å². The molecular formula is C17H20ClN5. The fourth-order valence-corrected chi connectivity index (χ4v) is 2.84. The van der Waals surface area contributed by atoms with E-state index in [1.165, 1.54) is 5.69 Å². The number of hydrogen-bond acceptors (Lipinski definition) is 5. The van der Waals surface area contributed by atoms with Gasteiger partial charge in [0.05, 0.1) is 0 Å². The summed E-state index contributed by atoms with van der Waals surface area (Å²) in [6.45, 7) is 8.12. The van der Waals surface area contributed by atoms with Crippen molar-refractivity contribution < 1.29 is 0 Å². The number of rotatable bonds is 5. The van der Waals surface area contributed by atoms with Crippen LogP contribution in [0.3, 0.4) is 0 Å². The van der Waals surface area contributed by atoms with E-state index in [2.05, 4.69) is 37.7 Å². The first-order chi connectivity index (χ1) is 11.3. The van der Waals surface area contributed by atoms with Gasteiger partial charge in [0.1, 0.15) is 18.0 Å². The second-order valence-electron chi connectivity index (χ2n) is 5.38. The zero-order valence-corrected chi connectivity index (χ0v) is 13.7. The molecule has 1 fully saturated rings. The van der Waals surface area contributed by atoms with E-state index in [0.29, 0.717) is 6.54 Å². The van der Waals surface area contributed by atoms with Crippen molar-refractivity contribution in [2.45, 2.75) is 0 Å². The van der Waals surface area contributed by atoms with Crippen LogP contribution in [0.4, 0.5) is 17.3 Å². The molecule has 1 aromatic heterocycles. The summed E-state index contributed by atoms with van der Waals surface area (Å²) < 4.78 is 0. The second kappa shape index (κ2) is 7.33. The van der Waals surface area contributed by atoms with Crippen LogP contribution >= 0.6 is 11.6 Å². The highest BCUT2D eigenvalue weighted by atomic mass is 35.5. The second-order valence-corrected chi connectivity index (χ2v) is 5.82. The summed E-state index contributed by atoms with van der Waals surface area (Å²) in [6.07, 6.45) is 3.41. The molecule has 0 aliphatic carbocycles. The fourth-order valence-electron chi connectivity index (χ4n) is 2.66. The van der Waals surface area contributed by atoms with Crippen LogP contribution in [0.25, 0.3) is 0 Å². The maximum Gasteiger partial charge on any atom is 0.134 e. The number of anilines is 3. The highest BCUT2D eigenvalue weighted by Crippen LogP contribution is 2.22. The summed E-state index contributed by atoms with van der Waals surface area (Å²) in [5.41, 5.74) is 1.17. The summed E-state index contributed by atoms with van der Waals surface area (Å²) >= 11 is 6.08. The average Bonchev–Trinajstić information content (AvgIpc) is 2.60. The third kappa shape index (κ3) is 3.93. The Morgan fingerprint density at radius 3 is 2.65 bits per heavy atom. The summed E-state index contributed by atoms with van der Waals surface area (Å²) in [5.74, 6) is 1.78. The molecule has 0 radical (unpaired) electrons. The molecule has 0 saturated carbocycles. The molecule has 0 amide bonds. The predicted octanol–water partition coefficient (Wildman–Crippen LogP) is 3.05. The quantitative estimate of drug-likeness (QED) is 0.854. The maximum absolute atomic E-state index is 6.08. The molecule has 1 N–H and O–H groups in total. The average molecular weight is 330 g/mol. The van der Waals surface area contributed by atoms with Gasteiger partial charge in [-0.25, -0.2) is 9.97 Å². The van der Waals surface area contributed by atoms with E-state index >= 15 is 0 Å². The molecule has 1 aliphatic heterocycles. The van der Waals surface area contributed by atoms with Gasteiger partial charge in [0.25, 0.3) is 0 Å². The Morgan fingerprint density at radius 1 is 1.13 bits per heavy atom. The zero-order valence-electron chi connectivity index (χ0n) is 13.0. The van der Waals surface area contributed by atoms with Crippen molar-refractivity contribution in [3.05, 3.63) is 54.3 Å². The lowest BCUT2D eigenvalue weighted by atomic mass is 10.2. The lowest BCUT2D eigenvalue weighted by Crippen LogP contribution is -2.46. The van der Waals surface area contributed by atoms with E-state index in [1.807, 2.05) is 30.3 Å². The first-order valence-corrected chi connectivity index (χ1v) is 8.06. The van der Waals surface area contributed by atoms with Gasteiger partial charge < -0.3 is 15.1 Å². The van der Waals surface area contributed by atoms with Crippen molar-refractivity contribution in [3.8, 4) is 0 Å². The number of hydrogen-bond donors (Lipinski definition) is 1. The molecule has 6 heteroatoms. The molecule has 1 aliphatic rings. The summed E-state index contributed by atoms with van der Waals surface area (Å²) in [4.78, 5) is 13.2. The van der Waals surface area contributed by atoms with Crippen LogP contribution in [0.5, 0.6) is 0 Å². The molecule has 0 atom stereocenters. The van der Waals surface area contributed by atoms with Gasteiger partial charge in [-0.15, -0.1) is 6.58 Å². The van der Waals surface area contributed by atoms with Crippen LogP contribution in [-0.4, -0.2) is 42.7 Å². The SMILES string of the molecule is C=CCNc1cc(N2CCN(c3cccc(Cl)c3)CC2)ncn1. The van der Waals surface area contributed by atoms with Crippen LogP contribution < -0.4 is 15.1 Å². The largest absolute Gasteiger partial charge is 0.368 e. The smallest absolute Gasteiger partial charge is 0.134 e. The normalized spacial score (nSPS) is 14.7. The standard InChI is InChI=1S/C17H20ClN5/c1-2-6-19-16-12-17(21-13-20-16)23-9-7-22(8-10-23)15-5-3-4-14(18)11-15/h2-5,11-13H,1,6-10H2,(H,19,20,21). The van der Waals surface area contributed by atoms with Crippen LogP contribution in [-0.2, 0) is 0 Å². The topological polar surface area (TPSA) is 44.3 Å². The van der Waals surface area contributed by atoms with E-state index in [0.717, 1.165) is 42.8 Å². The van der Waals surface area contributed by atoms with E-state index < -0.39 is 0 Å². The molecule has 3 rings (SSSR count). The molecule has 2 heterocycles. The molecule has 2 aromatic rings. The van der Waals surface area contributed by atoms with Gasteiger partial charge in [-0.3, -0.25) is 0 Å². The minimum atomic E-state index is 0.693. The third-order valence-corrected chi connectivity index (χ3v) is 4.09. The molecule has 1 aromatic carbocycles. The molecule has 0 spiro atoms. The number of nitrogens with one attached hydrogen (secondary N) is 1. The van der Waals surface area contributed by atoms with E-state index in [4.69, 9.17) is 11.6 Å². The molecule has 0 unspecified atom stereocenters. The molecule has 23 heavy (non-hydrogen) atoms. The van der Waals surface area contributed by atoms with Crippen molar-refractivity contribution >= 4 is 28.9 Å². The number of benzene rings is 1. The van der Waals surface area contributed by atoms with Crippen molar-refractivity contribution in [2.75, 3.05) is 47.8 Å². The first kappa shape index (κ1) is 15.6. The zero-order chi connectivity index (χ0) is 16.1. The third-order valence-electron chi connectivity index (χ3n) is 3.86. The van der Waals surface area contributed by atoms with Crippen molar-refractivity contribution in [1.82, 2.24) is 9.97 Å². The Bertz CT molecular complexity index is 668. The molecule has 1 saturated heterocycles. The number of aromatic nitrogens is 2. The summed E-state index contributed by atoms with van der Waals surface area (Å²) in [7, 11) is 0. The number of halogens is 1. The molecule has 120 valence electrons. The predicted molar refractivity (Wildman–Crippen MR) is 96.6 cm³/mol. The summed E-state index contributed by atoms with van der Waals surface area (Å²) in [6, 6.07) is 9.99. The van der Waals surface area contributed by atoms with Gasteiger partial charge in [-0.05, 0) is 18.2 Å². The van der Waals surface area contributed by atoms with E-state index in [1.54, 1.807) is 6.33 Å². The Labute approximate surface area is 141 Å². The Kier molecular flexibility index (Phi) is 4.98. The molecular weight excluding hydrogens is 310 g/mol. The molecule has 5 nitrogen and oxygen atoms in total. The van der Waals surface area contributed by atoms with Gasteiger partial charge in [0.2, 0.25) is 0 Å². The van der Waals surface area contributed by atoms with Crippen LogP contribution in [0, 0.1) is 0 Å². The van der Waals surface area contributed by atoms with Crippen molar-refractivity contribution in [1.29, 1.82) is 0 Å². The van der Waals surface area contributed by atoms with Gasteiger partial charge in [0, 0.05) is 49.5 Å². The minimum absolute atomic E-state index is 0.693. The number of piperazine rings is 1. The maximum atomic E-state index is 6.08. The molecule has 0 bridgehead atoms. The van der Waals surface area contributed by atoms with Gasteiger partial charge >= 0.3 is 0 Å². The van der Waals surface area contributed by atoms with E-state index in [9.17, 15) is 0 Å².